The molecule has 1 N–H and O–H groups in total. The first-order chi connectivity index (χ1) is 10.3. The van der Waals surface area contributed by atoms with Crippen molar-refractivity contribution in [3.05, 3.63) is 58.6 Å². The minimum atomic E-state index is -3.37. The second-order valence-electron chi connectivity index (χ2n) is 4.71. The summed E-state index contributed by atoms with van der Waals surface area (Å²) in [4.78, 5) is 12.3. The van der Waals surface area contributed by atoms with Gasteiger partial charge in [0.2, 0.25) is 10.0 Å². The molecule has 22 heavy (non-hydrogen) atoms. The average Bonchev–Trinajstić information content (AvgIpc) is 2.48. The van der Waals surface area contributed by atoms with Gasteiger partial charge in [-0.2, -0.15) is 0 Å². The fraction of sp³-hybridized carbons (Fsp3) is 0.133. The lowest BCUT2D eigenvalue weighted by Gasteiger charge is -2.17. The minimum absolute atomic E-state index is 0.310. The summed E-state index contributed by atoms with van der Waals surface area (Å²) in [7, 11) is -1.93. The third-order valence-electron chi connectivity index (χ3n) is 3.09. The summed E-state index contributed by atoms with van der Waals surface area (Å²) >= 11 is 3.36. The minimum Gasteiger partial charge on any atom is -0.321 e. The lowest BCUT2D eigenvalue weighted by Crippen LogP contribution is -2.25. The number of amides is 1. The number of sulfonamides is 1. The van der Waals surface area contributed by atoms with Gasteiger partial charge in [0.15, 0.2) is 0 Å². The Hall–Kier alpha value is -1.86. The molecule has 0 aliphatic heterocycles. The maximum absolute atomic E-state index is 12.3. The van der Waals surface area contributed by atoms with E-state index in [0.29, 0.717) is 16.9 Å². The molecule has 5 nitrogen and oxygen atoms in total. The molecule has 0 aliphatic rings. The summed E-state index contributed by atoms with van der Waals surface area (Å²) in [6, 6.07) is 13.7. The van der Waals surface area contributed by atoms with Crippen LogP contribution in [-0.4, -0.2) is 27.6 Å². The number of benzene rings is 2. The highest BCUT2D eigenvalue weighted by Crippen LogP contribution is 2.23. The number of carbonyl (C=O) groups is 1. The van der Waals surface area contributed by atoms with E-state index < -0.39 is 10.0 Å². The molecule has 0 spiro atoms. The van der Waals surface area contributed by atoms with Crippen molar-refractivity contribution in [1.29, 1.82) is 0 Å². The SMILES string of the molecule is CN(c1cccc(C(=O)Nc2ccccc2Br)c1)S(C)(=O)=O. The first-order valence-electron chi connectivity index (χ1n) is 6.39. The lowest BCUT2D eigenvalue weighted by molar-refractivity contribution is 0.102. The Balaban J connectivity index is 2.26. The molecule has 2 rings (SSSR count). The normalized spacial score (nSPS) is 11.0. The van der Waals surface area contributed by atoms with E-state index in [-0.39, 0.29) is 5.91 Å². The maximum atomic E-state index is 12.3. The molecule has 0 saturated carbocycles. The number of hydrogen-bond acceptors (Lipinski definition) is 3. The summed E-state index contributed by atoms with van der Waals surface area (Å²) < 4.78 is 25.0. The number of nitrogens with one attached hydrogen (secondary N) is 1. The topological polar surface area (TPSA) is 66.5 Å². The Kier molecular flexibility index (Phi) is 4.87. The number of rotatable bonds is 4. The predicted molar refractivity (Wildman–Crippen MR) is 91.8 cm³/mol. The molecular weight excluding hydrogens is 368 g/mol. The number of anilines is 2. The zero-order valence-corrected chi connectivity index (χ0v) is 14.5. The molecule has 2 aromatic rings. The van der Waals surface area contributed by atoms with Gasteiger partial charge in [0, 0.05) is 17.1 Å². The number of carbonyl (C=O) groups excluding carboxylic acids is 1. The number of para-hydroxylation sites is 1. The van der Waals surface area contributed by atoms with Crippen molar-refractivity contribution < 1.29 is 13.2 Å². The van der Waals surface area contributed by atoms with Crippen molar-refractivity contribution >= 4 is 43.2 Å². The van der Waals surface area contributed by atoms with Crippen LogP contribution < -0.4 is 9.62 Å². The Morgan fingerprint density at radius 1 is 1.14 bits per heavy atom. The van der Waals surface area contributed by atoms with Crippen molar-refractivity contribution in [2.75, 3.05) is 22.9 Å². The molecule has 0 unspecified atom stereocenters. The van der Waals surface area contributed by atoms with E-state index in [1.54, 1.807) is 24.3 Å². The monoisotopic (exact) mass is 382 g/mol. The number of hydrogen-bond donors (Lipinski definition) is 1. The quantitative estimate of drug-likeness (QED) is 0.883. The molecule has 0 aromatic heterocycles. The summed E-state index contributed by atoms with van der Waals surface area (Å²) in [6.45, 7) is 0. The van der Waals surface area contributed by atoms with Gasteiger partial charge in [0.05, 0.1) is 17.6 Å². The largest absolute Gasteiger partial charge is 0.321 e. The zero-order valence-electron chi connectivity index (χ0n) is 12.1. The van der Waals surface area contributed by atoms with Crippen molar-refractivity contribution in [2.24, 2.45) is 0 Å². The first-order valence-corrected chi connectivity index (χ1v) is 9.03. The molecule has 0 radical (unpaired) electrons. The van der Waals surface area contributed by atoms with Crippen LogP contribution in [0.4, 0.5) is 11.4 Å². The Labute approximate surface area is 138 Å². The molecule has 7 heteroatoms. The summed E-state index contributed by atoms with van der Waals surface area (Å²) in [5.41, 5.74) is 1.46. The third-order valence-corrected chi connectivity index (χ3v) is 4.99. The predicted octanol–water partition coefficient (Wildman–Crippen LogP) is 3.10. The highest BCUT2D eigenvalue weighted by molar-refractivity contribution is 9.10. The molecule has 0 heterocycles. The van der Waals surface area contributed by atoms with Gasteiger partial charge in [-0.3, -0.25) is 9.10 Å². The van der Waals surface area contributed by atoms with E-state index in [2.05, 4.69) is 21.2 Å². The van der Waals surface area contributed by atoms with E-state index >= 15 is 0 Å². The van der Waals surface area contributed by atoms with Gasteiger partial charge in [0.25, 0.3) is 5.91 Å². The van der Waals surface area contributed by atoms with Gasteiger partial charge in [-0.15, -0.1) is 0 Å². The van der Waals surface area contributed by atoms with Gasteiger partial charge in [-0.05, 0) is 46.3 Å². The standard InChI is InChI=1S/C15H15BrN2O3S/c1-18(22(2,20)21)12-7-5-6-11(10-12)15(19)17-14-9-4-3-8-13(14)16/h3-10H,1-2H3,(H,17,19). The first kappa shape index (κ1) is 16.5. The van der Waals surface area contributed by atoms with Crippen LogP contribution in [0.25, 0.3) is 0 Å². The van der Waals surface area contributed by atoms with Crippen LogP contribution in [0.5, 0.6) is 0 Å². The third kappa shape index (κ3) is 3.86. The van der Waals surface area contributed by atoms with Gasteiger partial charge >= 0.3 is 0 Å². The van der Waals surface area contributed by atoms with E-state index in [9.17, 15) is 13.2 Å². The highest BCUT2D eigenvalue weighted by Gasteiger charge is 2.14. The Morgan fingerprint density at radius 3 is 2.45 bits per heavy atom. The van der Waals surface area contributed by atoms with Crippen LogP contribution in [0, 0.1) is 0 Å². The van der Waals surface area contributed by atoms with Crippen molar-refractivity contribution in [2.45, 2.75) is 0 Å². The van der Waals surface area contributed by atoms with E-state index in [0.717, 1.165) is 15.0 Å². The van der Waals surface area contributed by atoms with Crippen LogP contribution in [0.2, 0.25) is 0 Å². The van der Waals surface area contributed by atoms with Crippen LogP contribution in [-0.2, 0) is 10.0 Å². The molecule has 116 valence electrons. The van der Waals surface area contributed by atoms with E-state index in [4.69, 9.17) is 0 Å². The summed E-state index contributed by atoms with van der Waals surface area (Å²) in [5, 5.41) is 2.78. The van der Waals surface area contributed by atoms with E-state index in [1.807, 2.05) is 18.2 Å². The maximum Gasteiger partial charge on any atom is 0.255 e. The molecule has 0 saturated heterocycles. The highest BCUT2D eigenvalue weighted by atomic mass is 79.9. The van der Waals surface area contributed by atoms with Crippen molar-refractivity contribution in [1.82, 2.24) is 0 Å². The van der Waals surface area contributed by atoms with E-state index in [1.165, 1.54) is 13.1 Å². The van der Waals surface area contributed by atoms with Gasteiger partial charge in [-0.25, -0.2) is 8.42 Å². The fourth-order valence-electron chi connectivity index (χ4n) is 1.79. The number of halogens is 1. The van der Waals surface area contributed by atoms with Gasteiger partial charge in [0.1, 0.15) is 0 Å². The summed E-state index contributed by atoms with van der Waals surface area (Å²) in [5.74, 6) is -0.310. The molecule has 2 aromatic carbocycles. The molecule has 0 bridgehead atoms. The van der Waals surface area contributed by atoms with Crippen LogP contribution in [0.1, 0.15) is 10.4 Å². The van der Waals surface area contributed by atoms with Gasteiger partial charge < -0.3 is 5.32 Å². The molecule has 0 fully saturated rings. The second kappa shape index (κ2) is 6.50. The molecule has 0 atom stereocenters. The van der Waals surface area contributed by atoms with Crippen LogP contribution in [0.15, 0.2) is 53.0 Å². The summed E-state index contributed by atoms with van der Waals surface area (Å²) in [6.07, 6.45) is 1.11. The molecular formula is C15H15BrN2O3S. The van der Waals surface area contributed by atoms with Crippen molar-refractivity contribution in [3.8, 4) is 0 Å². The molecule has 0 aliphatic carbocycles. The Morgan fingerprint density at radius 2 is 1.82 bits per heavy atom. The van der Waals surface area contributed by atoms with Crippen LogP contribution >= 0.6 is 15.9 Å². The van der Waals surface area contributed by atoms with Gasteiger partial charge in [-0.1, -0.05) is 18.2 Å². The smallest absolute Gasteiger partial charge is 0.255 e. The zero-order chi connectivity index (χ0) is 16.3. The van der Waals surface area contributed by atoms with Crippen molar-refractivity contribution in [3.63, 3.8) is 0 Å². The fourth-order valence-corrected chi connectivity index (χ4v) is 2.67. The lowest BCUT2D eigenvalue weighted by atomic mass is 10.2. The van der Waals surface area contributed by atoms with Crippen LogP contribution in [0.3, 0.4) is 0 Å². The molecule has 1 amide bonds. The number of nitrogens with zero attached hydrogens (tertiary/aromatic N) is 1. The Bertz CT molecular complexity index is 806. The second-order valence-corrected chi connectivity index (χ2v) is 7.58. The average molecular weight is 383 g/mol.